The second-order valence-corrected chi connectivity index (χ2v) is 7.28. The average Bonchev–Trinajstić information content (AvgIpc) is 2.92. The van der Waals surface area contributed by atoms with E-state index in [-0.39, 0.29) is 30.7 Å². The Morgan fingerprint density at radius 1 is 0.806 bits per heavy atom. The van der Waals surface area contributed by atoms with E-state index in [1.807, 2.05) is 12.1 Å². The highest BCUT2D eigenvalue weighted by Gasteiger charge is 2.20. The second-order valence-electron chi connectivity index (χ2n) is 7.28. The van der Waals surface area contributed by atoms with Gasteiger partial charge < -0.3 is 33.3 Å². The van der Waals surface area contributed by atoms with Crippen LogP contribution in [0, 0.1) is 0 Å². The second kappa shape index (κ2) is 12.6. The van der Waals surface area contributed by atoms with E-state index < -0.39 is 13.0 Å². The van der Waals surface area contributed by atoms with Crippen molar-refractivity contribution in [3.63, 3.8) is 0 Å². The Bertz CT molecular complexity index is 1180. The fraction of sp³-hybridized carbons (Fsp3) is 0.360. The number of hydrogen-bond donors (Lipinski definition) is 0. The number of halogens is 2. The van der Waals surface area contributed by atoms with Gasteiger partial charge in [-0.3, -0.25) is 0 Å². The monoisotopic (exact) mass is 507 g/mol. The van der Waals surface area contributed by atoms with Gasteiger partial charge in [-0.15, -0.1) is 0 Å². The van der Waals surface area contributed by atoms with Crippen molar-refractivity contribution >= 4 is 5.95 Å². The van der Waals surface area contributed by atoms with Crippen molar-refractivity contribution in [2.24, 2.45) is 0 Å². The first-order valence-corrected chi connectivity index (χ1v) is 10.7. The first-order valence-electron chi connectivity index (χ1n) is 11.7. The van der Waals surface area contributed by atoms with Crippen LogP contribution in [0.4, 0.5) is 14.7 Å². The minimum atomic E-state index is -3.39. The number of ether oxygens (including phenoxy) is 6. The van der Waals surface area contributed by atoms with Crippen LogP contribution in [0.25, 0.3) is 0 Å². The molecule has 0 spiro atoms. The quantitative estimate of drug-likeness (QED) is 0.335. The van der Waals surface area contributed by atoms with E-state index in [9.17, 15) is 8.78 Å². The lowest BCUT2D eigenvalue weighted by Crippen LogP contribution is -2.25. The van der Waals surface area contributed by atoms with Gasteiger partial charge in [0.1, 0.15) is 29.6 Å². The molecule has 0 fully saturated rings. The van der Waals surface area contributed by atoms with E-state index in [4.69, 9.17) is 31.2 Å². The predicted octanol–water partition coefficient (Wildman–Crippen LogP) is 4.37. The summed E-state index contributed by atoms with van der Waals surface area (Å²) < 4.78 is 72.6. The zero-order valence-corrected chi connectivity index (χ0v) is 20.6. The number of alkyl halides is 2. The third kappa shape index (κ3) is 6.55. The van der Waals surface area contributed by atoms with Crippen molar-refractivity contribution in [2.45, 2.75) is 19.5 Å². The molecule has 0 saturated heterocycles. The summed E-state index contributed by atoms with van der Waals surface area (Å²) in [5, 5.41) is 0. The van der Waals surface area contributed by atoms with Gasteiger partial charge in [0.15, 0.2) is 5.75 Å². The molecule has 0 unspecified atom stereocenters. The summed E-state index contributed by atoms with van der Waals surface area (Å²) in [7, 11) is 7.45. The molecule has 0 aliphatic heterocycles. The van der Waals surface area contributed by atoms with Crippen LogP contribution in [0.2, 0.25) is 0 Å². The molecule has 3 rings (SSSR count). The smallest absolute Gasteiger partial charge is 0.272 e. The molecule has 36 heavy (non-hydrogen) atoms. The van der Waals surface area contributed by atoms with Crippen molar-refractivity contribution in [1.29, 1.82) is 0 Å². The van der Waals surface area contributed by atoms with Crippen molar-refractivity contribution in [2.75, 3.05) is 47.0 Å². The highest BCUT2D eigenvalue weighted by atomic mass is 19.3. The molecule has 2 aromatic carbocycles. The molecule has 0 radical (unpaired) electrons. The van der Waals surface area contributed by atoms with Crippen LogP contribution >= 0.6 is 0 Å². The van der Waals surface area contributed by atoms with E-state index in [0.29, 0.717) is 23.0 Å². The molecule has 9 nitrogen and oxygen atoms in total. The number of aromatic nitrogens is 2. The molecule has 3 aromatic rings. The zero-order chi connectivity index (χ0) is 27.9. The van der Waals surface area contributed by atoms with Crippen molar-refractivity contribution in [3.8, 4) is 34.6 Å². The van der Waals surface area contributed by atoms with E-state index >= 15 is 0 Å². The van der Waals surface area contributed by atoms with Crippen molar-refractivity contribution in [3.05, 3.63) is 53.7 Å². The third-order valence-electron chi connectivity index (χ3n) is 5.15. The Balaban J connectivity index is 2.05. The molecule has 0 saturated carbocycles. The van der Waals surface area contributed by atoms with Gasteiger partial charge >= 0.3 is 0 Å². The van der Waals surface area contributed by atoms with Crippen LogP contribution < -0.4 is 33.3 Å². The Kier molecular flexibility index (Phi) is 8.31. The molecule has 1 heterocycles. The summed E-state index contributed by atoms with van der Waals surface area (Å²) in [6.45, 7) is -2.75. The molecular formula is C25H29F2N3O6. The topological polar surface area (TPSA) is 84.4 Å². The van der Waals surface area contributed by atoms with Gasteiger partial charge in [0.2, 0.25) is 5.95 Å². The van der Waals surface area contributed by atoms with E-state index in [2.05, 4.69) is 9.97 Å². The fourth-order valence-electron chi connectivity index (χ4n) is 3.40. The van der Waals surface area contributed by atoms with E-state index in [0.717, 1.165) is 17.3 Å². The predicted molar refractivity (Wildman–Crippen MR) is 129 cm³/mol. The lowest BCUT2D eigenvalue weighted by atomic mass is 10.1. The first kappa shape index (κ1) is 23.7. The standard InChI is InChI=1S/C25H29F2N3O6/c1-31-18-8-6-16(20(10-18)33-3)13-30(14-17-7-9-19(32-2)11-21(17)34-4)25-28-12-22(24(29-25)35-5)36-15-23(26)27/h6-12,23H,13-15H2,1-5H3/i15D2. The summed E-state index contributed by atoms with van der Waals surface area (Å²) in [5.74, 6) is 1.92. The van der Waals surface area contributed by atoms with Crippen LogP contribution in [-0.4, -0.2) is 58.5 Å². The van der Waals surface area contributed by atoms with Gasteiger partial charge in [0.25, 0.3) is 12.3 Å². The number of anilines is 1. The molecular weight excluding hydrogens is 476 g/mol. The SMILES string of the molecule is [2H]C([2H])(Oc1cnc(N(Cc2ccc(OC)cc2OC)Cc2ccc(OC)cc2OC)nc1OC)C(F)F. The summed E-state index contributed by atoms with van der Waals surface area (Å²) in [6, 6.07) is 10.7. The van der Waals surface area contributed by atoms with Crippen LogP contribution in [0.5, 0.6) is 34.6 Å². The minimum Gasteiger partial charge on any atom is -0.497 e. The highest BCUT2D eigenvalue weighted by molar-refractivity contribution is 5.48. The van der Waals surface area contributed by atoms with E-state index in [1.165, 1.54) is 21.3 Å². The largest absolute Gasteiger partial charge is 0.497 e. The molecule has 194 valence electrons. The Labute approximate surface area is 211 Å². The zero-order valence-electron chi connectivity index (χ0n) is 22.6. The van der Waals surface area contributed by atoms with Crippen LogP contribution in [0.15, 0.2) is 42.6 Å². The van der Waals surface area contributed by atoms with Crippen molar-refractivity contribution < 1.29 is 39.9 Å². The number of methoxy groups -OCH3 is 5. The van der Waals surface area contributed by atoms with Crippen LogP contribution in [0.3, 0.4) is 0 Å². The Morgan fingerprint density at radius 2 is 1.36 bits per heavy atom. The maximum Gasteiger partial charge on any atom is 0.272 e. The molecule has 0 aliphatic carbocycles. The maximum atomic E-state index is 13.0. The van der Waals surface area contributed by atoms with Gasteiger partial charge in [0.05, 0.1) is 44.5 Å². The summed E-state index contributed by atoms with van der Waals surface area (Å²) in [5.41, 5.74) is 1.55. The lowest BCUT2D eigenvalue weighted by Gasteiger charge is -2.25. The molecule has 11 heteroatoms. The van der Waals surface area contributed by atoms with Crippen LogP contribution in [-0.2, 0) is 13.1 Å². The van der Waals surface area contributed by atoms with Gasteiger partial charge in [-0.1, -0.05) is 0 Å². The van der Waals surface area contributed by atoms with Crippen LogP contribution in [0.1, 0.15) is 13.9 Å². The van der Waals surface area contributed by atoms with Gasteiger partial charge in [-0.2, -0.15) is 4.98 Å². The highest BCUT2D eigenvalue weighted by Crippen LogP contribution is 2.32. The number of nitrogens with zero attached hydrogens (tertiary/aromatic N) is 3. The number of hydrogen-bond acceptors (Lipinski definition) is 9. The molecule has 1 aromatic heterocycles. The lowest BCUT2D eigenvalue weighted by molar-refractivity contribution is 0.0798. The maximum absolute atomic E-state index is 13.0. The third-order valence-corrected chi connectivity index (χ3v) is 5.15. The summed E-state index contributed by atoms with van der Waals surface area (Å²) >= 11 is 0. The normalized spacial score (nSPS) is 11.9. The van der Waals surface area contributed by atoms with Crippen molar-refractivity contribution in [1.82, 2.24) is 9.97 Å². The first-order chi connectivity index (χ1) is 18.1. The molecule has 0 aliphatic rings. The molecule has 0 amide bonds. The summed E-state index contributed by atoms with van der Waals surface area (Å²) in [6.07, 6.45) is -2.31. The molecule has 0 atom stereocenters. The summed E-state index contributed by atoms with van der Waals surface area (Å²) in [4.78, 5) is 10.4. The molecule has 0 N–H and O–H groups in total. The Morgan fingerprint density at radius 3 is 1.81 bits per heavy atom. The molecule has 0 bridgehead atoms. The minimum absolute atomic E-state index is 0.155. The average molecular weight is 508 g/mol. The number of benzene rings is 2. The fourth-order valence-corrected chi connectivity index (χ4v) is 3.40. The number of rotatable bonds is 13. The Hall–Kier alpha value is -4.02. The van der Waals surface area contributed by atoms with Gasteiger partial charge in [0, 0.05) is 36.3 Å². The van der Waals surface area contributed by atoms with E-state index in [1.54, 1.807) is 43.4 Å². The van der Waals surface area contributed by atoms with Gasteiger partial charge in [-0.05, 0) is 24.3 Å². The van der Waals surface area contributed by atoms with Gasteiger partial charge in [-0.25, -0.2) is 13.8 Å².